The Balaban J connectivity index is 3.28. The normalized spacial score (nSPS) is 16.1. The highest BCUT2D eigenvalue weighted by atomic mass is 32.2. The Morgan fingerprint density at radius 2 is 2.00 bits per heavy atom. The van der Waals surface area contributed by atoms with Crippen molar-refractivity contribution < 1.29 is 17.9 Å². The van der Waals surface area contributed by atoms with Crippen molar-refractivity contribution in [3.63, 3.8) is 0 Å². The van der Waals surface area contributed by atoms with Crippen LogP contribution in [-0.4, -0.2) is 30.2 Å². The Morgan fingerprint density at radius 1 is 1.42 bits per heavy atom. The van der Waals surface area contributed by atoms with Gasteiger partial charge in [-0.15, -0.1) is 0 Å². The van der Waals surface area contributed by atoms with E-state index in [0.717, 1.165) is 6.92 Å². The average Bonchev–Trinajstić information content (AvgIpc) is 2.24. The number of sulfonamides is 1. The molecule has 1 rings (SSSR count). The second-order valence-corrected chi connectivity index (χ2v) is 7.02. The summed E-state index contributed by atoms with van der Waals surface area (Å²) in [6.07, 6.45) is -1.87. The van der Waals surface area contributed by atoms with Crippen molar-refractivity contribution in [1.82, 2.24) is 9.71 Å². The molecule has 0 aromatic carbocycles. The van der Waals surface area contributed by atoms with Gasteiger partial charge in [-0.2, -0.15) is 0 Å². The maximum absolute atomic E-state index is 13.2. The van der Waals surface area contributed by atoms with E-state index in [1.807, 2.05) is 0 Å². The second-order valence-electron chi connectivity index (χ2n) is 5.36. The average molecular weight is 290 g/mol. The van der Waals surface area contributed by atoms with E-state index in [1.165, 1.54) is 18.3 Å². The Hall–Kier alpha value is -1.05. The Kier molecular flexibility index (Phi) is 4.65. The summed E-state index contributed by atoms with van der Waals surface area (Å²) >= 11 is 0. The van der Waals surface area contributed by atoms with E-state index in [4.69, 9.17) is 0 Å². The van der Waals surface area contributed by atoms with Crippen LogP contribution in [0.5, 0.6) is 0 Å². The van der Waals surface area contributed by atoms with E-state index < -0.39 is 27.8 Å². The molecule has 5 nitrogen and oxygen atoms in total. The van der Waals surface area contributed by atoms with Gasteiger partial charge in [-0.1, -0.05) is 0 Å². The third kappa shape index (κ3) is 4.22. The number of halogens is 1. The molecule has 2 unspecified atom stereocenters. The van der Waals surface area contributed by atoms with Gasteiger partial charge in [-0.25, -0.2) is 17.5 Å². The van der Waals surface area contributed by atoms with Crippen molar-refractivity contribution in [2.45, 2.75) is 50.4 Å². The quantitative estimate of drug-likeness (QED) is 0.881. The molecule has 108 valence electrons. The zero-order chi connectivity index (χ0) is 14.8. The first-order valence-corrected chi connectivity index (χ1v) is 7.34. The Bertz CT molecular complexity index is 538. The number of nitrogens with one attached hydrogen (secondary N) is 1. The number of aromatic nitrogens is 1. The molecule has 0 radical (unpaired) electrons. The molecule has 1 aromatic heterocycles. The minimum atomic E-state index is -3.87. The molecule has 0 saturated heterocycles. The first kappa shape index (κ1) is 16.0. The van der Waals surface area contributed by atoms with Crippen LogP contribution in [0, 0.1) is 0 Å². The van der Waals surface area contributed by atoms with Crippen LogP contribution in [0.2, 0.25) is 0 Å². The first-order chi connectivity index (χ1) is 8.54. The van der Waals surface area contributed by atoms with Crippen molar-refractivity contribution >= 4 is 10.0 Å². The summed E-state index contributed by atoms with van der Waals surface area (Å²) in [5, 5.41) is 9.71. The fraction of sp³-hybridized carbons (Fsp3) is 0.583. The van der Waals surface area contributed by atoms with Crippen LogP contribution >= 0.6 is 0 Å². The van der Waals surface area contributed by atoms with Crippen molar-refractivity contribution in [3.05, 3.63) is 24.0 Å². The number of rotatable bonds is 4. The number of aliphatic hydroxyl groups is 1. The van der Waals surface area contributed by atoms with Crippen LogP contribution in [-0.2, 0) is 10.0 Å². The molecule has 2 N–H and O–H groups in total. The van der Waals surface area contributed by atoms with Crippen LogP contribution in [0.4, 0.5) is 4.39 Å². The number of aliphatic hydroxyl groups excluding tert-OH is 1. The lowest BCUT2D eigenvalue weighted by molar-refractivity contribution is 0.0820. The van der Waals surface area contributed by atoms with E-state index in [0.29, 0.717) is 0 Å². The van der Waals surface area contributed by atoms with E-state index in [9.17, 15) is 17.9 Å². The maximum Gasteiger partial charge on any atom is 0.242 e. The third-order valence-electron chi connectivity index (χ3n) is 2.25. The molecule has 2 atom stereocenters. The SMILES string of the molecule is CC(F)C(O)c1ncccc1S(=O)(=O)NC(C)(C)C. The molecule has 1 heterocycles. The number of hydrogen-bond donors (Lipinski definition) is 2. The third-order valence-corrected chi connectivity index (χ3v) is 4.05. The molecule has 0 bridgehead atoms. The highest BCUT2D eigenvalue weighted by molar-refractivity contribution is 7.89. The fourth-order valence-electron chi connectivity index (χ4n) is 1.53. The lowest BCUT2D eigenvalue weighted by atomic mass is 10.1. The monoisotopic (exact) mass is 290 g/mol. The molecule has 0 aliphatic heterocycles. The zero-order valence-electron chi connectivity index (χ0n) is 11.4. The summed E-state index contributed by atoms with van der Waals surface area (Å²) in [7, 11) is -3.87. The summed E-state index contributed by atoms with van der Waals surface area (Å²) in [4.78, 5) is 3.58. The standard InChI is InChI=1S/C12H19FN2O3S/c1-8(13)11(16)10-9(6-5-7-14-10)19(17,18)15-12(2,3)4/h5-8,11,15-16H,1-4H3. The van der Waals surface area contributed by atoms with Gasteiger partial charge in [-0.3, -0.25) is 4.98 Å². The first-order valence-electron chi connectivity index (χ1n) is 5.85. The van der Waals surface area contributed by atoms with Crippen LogP contribution in [0.15, 0.2) is 23.2 Å². The number of pyridine rings is 1. The molecule has 19 heavy (non-hydrogen) atoms. The molecule has 0 fully saturated rings. The van der Waals surface area contributed by atoms with E-state index >= 15 is 0 Å². The number of alkyl halides is 1. The predicted octanol–water partition coefficient (Wildman–Crippen LogP) is 1.55. The molecular formula is C12H19FN2O3S. The Morgan fingerprint density at radius 3 is 2.47 bits per heavy atom. The van der Waals surface area contributed by atoms with Crippen LogP contribution in [0.25, 0.3) is 0 Å². The van der Waals surface area contributed by atoms with E-state index in [2.05, 4.69) is 9.71 Å². The smallest absolute Gasteiger partial charge is 0.242 e. The van der Waals surface area contributed by atoms with Crippen LogP contribution in [0.3, 0.4) is 0 Å². The van der Waals surface area contributed by atoms with Crippen molar-refractivity contribution in [3.8, 4) is 0 Å². The fourth-order valence-corrected chi connectivity index (χ4v) is 3.15. The minimum absolute atomic E-state index is 0.186. The molecule has 0 spiro atoms. The van der Waals surface area contributed by atoms with Gasteiger partial charge in [0.15, 0.2) is 0 Å². The van der Waals surface area contributed by atoms with Gasteiger partial charge in [-0.05, 0) is 39.8 Å². The predicted molar refractivity (Wildman–Crippen MR) is 69.8 cm³/mol. The van der Waals surface area contributed by atoms with Gasteiger partial charge in [0.25, 0.3) is 0 Å². The van der Waals surface area contributed by atoms with E-state index in [-0.39, 0.29) is 10.6 Å². The molecule has 0 aliphatic rings. The summed E-state index contributed by atoms with van der Waals surface area (Å²) < 4.78 is 40.0. The highest BCUT2D eigenvalue weighted by Gasteiger charge is 2.29. The molecule has 1 aromatic rings. The lowest BCUT2D eigenvalue weighted by Crippen LogP contribution is -2.41. The summed E-state index contributed by atoms with van der Waals surface area (Å²) in [6.45, 7) is 6.21. The highest BCUT2D eigenvalue weighted by Crippen LogP contribution is 2.24. The van der Waals surface area contributed by atoms with Gasteiger partial charge in [0, 0.05) is 11.7 Å². The molecule has 0 aliphatic carbocycles. The molecular weight excluding hydrogens is 271 g/mol. The van der Waals surface area contributed by atoms with Crippen LogP contribution < -0.4 is 4.72 Å². The number of hydrogen-bond acceptors (Lipinski definition) is 4. The zero-order valence-corrected chi connectivity index (χ0v) is 12.2. The maximum atomic E-state index is 13.2. The summed E-state index contributed by atoms with van der Waals surface area (Å²) in [5.74, 6) is 0. The second kappa shape index (κ2) is 5.52. The van der Waals surface area contributed by atoms with Gasteiger partial charge in [0.2, 0.25) is 10.0 Å². The molecule has 0 amide bonds. The minimum Gasteiger partial charge on any atom is -0.384 e. The summed E-state index contributed by atoms with van der Waals surface area (Å²) in [6, 6.07) is 2.72. The Labute approximate surface area is 112 Å². The van der Waals surface area contributed by atoms with E-state index in [1.54, 1.807) is 20.8 Å². The van der Waals surface area contributed by atoms with Crippen molar-refractivity contribution in [2.24, 2.45) is 0 Å². The molecule has 7 heteroatoms. The van der Waals surface area contributed by atoms with Crippen molar-refractivity contribution in [1.29, 1.82) is 0 Å². The van der Waals surface area contributed by atoms with Crippen LogP contribution in [0.1, 0.15) is 39.5 Å². The van der Waals surface area contributed by atoms with Gasteiger partial charge >= 0.3 is 0 Å². The largest absolute Gasteiger partial charge is 0.384 e. The lowest BCUT2D eigenvalue weighted by Gasteiger charge is -2.22. The molecule has 0 saturated carbocycles. The summed E-state index contributed by atoms with van der Waals surface area (Å²) in [5.41, 5.74) is -0.868. The van der Waals surface area contributed by atoms with Crippen molar-refractivity contribution in [2.75, 3.05) is 0 Å². The van der Waals surface area contributed by atoms with Gasteiger partial charge < -0.3 is 5.11 Å². The van der Waals surface area contributed by atoms with Gasteiger partial charge in [0.05, 0.1) is 5.69 Å². The number of nitrogens with zero attached hydrogens (tertiary/aromatic N) is 1. The van der Waals surface area contributed by atoms with Gasteiger partial charge in [0.1, 0.15) is 17.2 Å². The topological polar surface area (TPSA) is 79.3 Å².